The van der Waals surface area contributed by atoms with E-state index in [1.807, 2.05) is 18.7 Å². The highest BCUT2D eigenvalue weighted by molar-refractivity contribution is 5.77. The van der Waals surface area contributed by atoms with E-state index in [0.29, 0.717) is 32.0 Å². The normalized spacial score (nSPS) is 16.1. The van der Waals surface area contributed by atoms with E-state index in [-0.39, 0.29) is 17.8 Å². The monoisotopic (exact) mass is 311 g/mol. The minimum Gasteiger partial charge on any atom is -0.465 e. The zero-order valence-electron chi connectivity index (χ0n) is 14.6. The van der Waals surface area contributed by atoms with E-state index < -0.39 is 0 Å². The molecule has 0 aromatic rings. The lowest BCUT2D eigenvalue weighted by molar-refractivity contribution is -0.152. The molecule has 0 aliphatic carbocycles. The zero-order valence-corrected chi connectivity index (χ0v) is 14.6. The van der Waals surface area contributed by atoms with Crippen LogP contribution in [0.3, 0.4) is 0 Å². The first-order valence-electron chi connectivity index (χ1n) is 8.99. The summed E-state index contributed by atoms with van der Waals surface area (Å²) in [6.45, 7) is 8.17. The van der Waals surface area contributed by atoms with E-state index in [2.05, 4.69) is 6.92 Å². The van der Waals surface area contributed by atoms with E-state index >= 15 is 0 Å². The van der Waals surface area contributed by atoms with E-state index in [4.69, 9.17) is 4.74 Å². The number of amides is 1. The Balaban J connectivity index is 2.18. The van der Waals surface area contributed by atoms with Crippen molar-refractivity contribution >= 4 is 11.9 Å². The van der Waals surface area contributed by atoms with Gasteiger partial charge in [-0.25, -0.2) is 0 Å². The molecule has 1 amide bonds. The summed E-state index contributed by atoms with van der Waals surface area (Å²) in [6, 6.07) is 0. The SMILES string of the molecule is CCCCCCCC(=O)N1CCC(C(=O)OCC(C)C)CC1. The van der Waals surface area contributed by atoms with Crippen LogP contribution in [0.5, 0.6) is 0 Å². The molecule has 0 aromatic carbocycles. The second-order valence-corrected chi connectivity index (χ2v) is 6.84. The Morgan fingerprint density at radius 2 is 1.73 bits per heavy atom. The van der Waals surface area contributed by atoms with Crippen LogP contribution in [-0.4, -0.2) is 36.5 Å². The van der Waals surface area contributed by atoms with Crippen LogP contribution in [-0.2, 0) is 14.3 Å². The van der Waals surface area contributed by atoms with Gasteiger partial charge in [-0.05, 0) is 25.2 Å². The second-order valence-electron chi connectivity index (χ2n) is 6.84. The molecule has 0 unspecified atom stereocenters. The van der Waals surface area contributed by atoms with Gasteiger partial charge < -0.3 is 9.64 Å². The lowest BCUT2D eigenvalue weighted by Crippen LogP contribution is -2.40. The average Bonchev–Trinajstić information content (AvgIpc) is 2.52. The number of rotatable bonds is 9. The molecule has 128 valence electrons. The topological polar surface area (TPSA) is 46.6 Å². The minimum atomic E-state index is -0.0830. The number of carbonyl (C=O) groups is 2. The summed E-state index contributed by atoms with van der Waals surface area (Å²) in [5, 5.41) is 0. The molecule has 0 saturated carbocycles. The predicted molar refractivity (Wildman–Crippen MR) is 88.5 cm³/mol. The van der Waals surface area contributed by atoms with Gasteiger partial charge in [-0.3, -0.25) is 9.59 Å². The number of piperidine rings is 1. The van der Waals surface area contributed by atoms with Gasteiger partial charge in [0, 0.05) is 19.5 Å². The Kier molecular flexibility index (Phi) is 9.17. The van der Waals surface area contributed by atoms with Crippen LogP contribution in [0.1, 0.15) is 72.1 Å². The van der Waals surface area contributed by atoms with Crippen molar-refractivity contribution in [2.24, 2.45) is 11.8 Å². The van der Waals surface area contributed by atoms with Crippen LogP contribution in [0.25, 0.3) is 0 Å². The first-order chi connectivity index (χ1) is 10.5. The molecule has 1 aliphatic heterocycles. The molecule has 0 radical (unpaired) electrons. The summed E-state index contributed by atoms with van der Waals surface area (Å²) in [4.78, 5) is 26.0. The van der Waals surface area contributed by atoms with Gasteiger partial charge in [0.25, 0.3) is 0 Å². The number of carbonyl (C=O) groups excluding carboxylic acids is 2. The first-order valence-corrected chi connectivity index (χ1v) is 8.99. The first kappa shape index (κ1) is 19.0. The molecule has 1 rings (SSSR count). The van der Waals surface area contributed by atoms with E-state index in [1.165, 1.54) is 19.3 Å². The maximum atomic E-state index is 12.1. The van der Waals surface area contributed by atoms with Crippen LogP contribution in [0.2, 0.25) is 0 Å². The molecule has 1 heterocycles. The van der Waals surface area contributed by atoms with Crippen LogP contribution in [0.15, 0.2) is 0 Å². The summed E-state index contributed by atoms with van der Waals surface area (Å²) < 4.78 is 5.30. The van der Waals surface area contributed by atoms with E-state index in [9.17, 15) is 9.59 Å². The summed E-state index contributed by atoms with van der Waals surface area (Å²) in [7, 11) is 0. The Hall–Kier alpha value is -1.06. The molecule has 22 heavy (non-hydrogen) atoms. The van der Waals surface area contributed by atoms with Crippen molar-refractivity contribution in [3.8, 4) is 0 Å². The van der Waals surface area contributed by atoms with Crippen molar-refractivity contribution < 1.29 is 14.3 Å². The Morgan fingerprint density at radius 1 is 1.09 bits per heavy atom. The largest absolute Gasteiger partial charge is 0.465 e. The third-order valence-corrected chi connectivity index (χ3v) is 4.23. The van der Waals surface area contributed by atoms with Gasteiger partial charge in [-0.1, -0.05) is 46.5 Å². The Bertz CT molecular complexity index is 333. The molecule has 4 nitrogen and oxygen atoms in total. The molecule has 0 atom stereocenters. The van der Waals surface area contributed by atoms with Crippen molar-refractivity contribution in [3.63, 3.8) is 0 Å². The van der Waals surface area contributed by atoms with Crippen molar-refractivity contribution in [2.75, 3.05) is 19.7 Å². The van der Waals surface area contributed by atoms with E-state index in [0.717, 1.165) is 25.7 Å². The summed E-state index contributed by atoms with van der Waals surface area (Å²) in [6.07, 6.45) is 8.02. The van der Waals surface area contributed by atoms with Crippen LogP contribution >= 0.6 is 0 Å². The molecule has 1 saturated heterocycles. The number of ether oxygens (including phenoxy) is 1. The molecular weight excluding hydrogens is 278 g/mol. The minimum absolute atomic E-state index is 0.0210. The van der Waals surface area contributed by atoms with Crippen LogP contribution in [0, 0.1) is 11.8 Å². The molecule has 4 heteroatoms. The fourth-order valence-corrected chi connectivity index (χ4v) is 2.77. The number of unbranched alkanes of at least 4 members (excludes halogenated alkanes) is 4. The van der Waals surface area contributed by atoms with Crippen molar-refractivity contribution in [3.05, 3.63) is 0 Å². The van der Waals surface area contributed by atoms with Crippen molar-refractivity contribution in [1.82, 2.24) is 4.90 Å². The smallest absolute Gasteiger partial charge is 0.309 e. The molecule has 0 N–H and O–H groups in total. The van der Waals surface area contributed by atoms with Gasteiger partial charge in [0.05, 0.1) is 12.5 Å². The zero-order chi connectivity index (χ0) is 16.4. The molecule has 0 aromatic heterocycles. The standard InChI is InChI=1S/C18H33NO3/c1-4-5-6-7-8-9-17(20)19-12-10-16(11-13-19)18(21)22-14-15(2)3/h15-16H,4-14H2,1-3H3. The van der Waals surface area contributed by atoms with Gasteiger partial charge in [0.2, 0.25) is 5.91 Å². The molecular formula is C18H33NO3. The molecule has 0 bridgehead atoms. The maximum absolute atomic E-state index is 12.1. The lowest BCUT2D eigenvalue weighted by atomic mass is 9.96. The Labute approximate surface area is 135 Å². The van der Waals surface area contributed by atoms with Gasteiger partial charge in [0.15, 0.2) is 0 Å². The van der Waals surface area contributed by atoms with Crippen LogP contribution < -0.4 is 0 Å². The average molecular weight is 311 g/mol. The highest BCUT2D eigenvalue weighted by Gasteiger charge is 2.28. The fourth-order valence-electron chi connectivity index (χ4n) is 2.77. The Morgan fingerprint density at radius 3 is 2.32 bits per heavy atom. The maximum Gasteiger partial charge on any atom is 0.309 e. The predicted octanol–water partition coefficient (Wildman–Crippen LogP) is 3.78. The number of likely N-dealkylation sites (tertiary alicyclic amines) is 1. The number of hydrogen-bond donors (Lipinski definition) is 0. The number of nitrogens with zero attached hydrogens (tertiary/aromatic N) is 1. The highest BCUT2D eigenvalue weighted by Crippen LogP contribution is 2.20. The second kappa shape index (κ2) is 10.6. The molecule has 1 aliphatic rings. The quantitative estimate of drug-likeness (QED) is 0.481. The number of esters is 1. The van der Waals surface area contributed by atoms with Crippen molar-refractivity contribution in [1.29, 1.82) is 0 Å². The summed E-state index contributed by atoms with van der Waals surface area (Å²) >= 11 is 0. The van der Waals surface area contributed by atoms with Crippen LogP contribution in [0.4, 0.5) is 0 Å². The van der Waals surface area contributed by atoms with E-state index in [1.54, 1.807) is 0 Å². The van der Waals surface area contributed by atoms with Gasteiger partial charge in [-0.15, -0.1) is 0 Å². The van der Waals surface area contributed by atoms with Crippen molar-refractivity contribution in [2.45, 2.75) is 72.1 Å². The fraction of sp³-hybridized carbons (Fsp3) is 0.889. The van der Waals surface area contributed by atoms with Gasteiger partial charge in [-0.2, -0.15) is 0 Å². The third-order valence-electron chi connectivity index (χ3n) is 4.23. The van der Waals surface area contributed by atoms with Gasteiger partial charge in [0.1, 0.15) is 0 Å². The third kappa shape index (κ3) is 7.28. The highest BCUT2D eigenvalue weighted by atomic mass is 16.5. The molecule has 1 fully saturated rings. The lowest BCUT2D eigenvalue weighted by Gasteiger charge is -2.31. The van der Waals surface area contributed by atoms with Gasteiger partial charge >= 0.3 is 5.97 Å². The molecule has 0 spiro atoms. The number of hydrogen-bond acceptors (Lipinski definition) is 3. The summed E-state index contributed by atoms with van der Waals surface area (Å²) in [5.41, 5.74) is 0. The summed E-state index contributed by atoms with van der Waals surface area (Å²) in [5.74, 6) is 0.525.